The number of amides is 1. The molecule has 3 rings (SSSR count). The summed E-state index contributed by atoms with van der Waals surface area (Å²) in [4.78, 5) is 21.2. The third-order valence-corrected chi connectivity index (χ3v) is 4.33. The van der Waals surface area contributed by atoms with Crippen LogP contribution in [0.25, 0.3) is 0 Å². The first-order valence-corrected chi connectivity index (χ1v) is 8.16. The second kappa shape index (κ2) is 7.15. The molecule has 1 amide bonds. The first-order chi connectivity index (χ1) is 11.6. The summed E-state index contributed by atoms with van der Waals surface area (Å²) >= 11 is 0. The van der Waals surface area contributed by atoms with Gasteiger partial charge in [-0.15, -0.1) is 0 Å². The molecule has 0 saturated carbocycles. The van der Waals surface area contributed by atoms with Crippen LogP contribution in [0.5, 0.6) is 0 Å². The number of imidazole rings is 1. The number of carbonyl (C=O) groups excluding carboxylic acids is 1. The molecule has 128 valence electrons. The average molecular weight is 328 g/mol. The average Bonchev–Trinajstić information content (AvgIpc) is 3.00. The van der Waals surface area contributed by atoms with Gasteiger partial charge < -0.3 is 19.1 Å². The van der Waals surface area contributed by atoms with Crippen LogP contribution >= 0.6 is 0 Å². The Balaban J connectivity index is 1.96. The summed E-state index contributed by atoms with van der Waals surface area (Å²) in [5.41, 5.74) is 1.70. The number of hydrogen-bond acceptors (Lipinski definition) is 4. The van der Waals surface area contributed by atoms with Crippen LogP contribution in [-0.4, -0.2) is 65.2 Å². The molecule has 0 bridgehead atoms. The molecule has 1 aliphatic rings. The lowest BCUT2D eigenvalue weighted by atomic mass is 9.97. The topological polar surface area (TPSA) is 50.6 Å². The van der Waals surface area contributed by atoms with Gasteiger partial charge in [0.05, 0.1) is 31.3 Å². The van der Waals surface area contributed by atoms with Crippen molar-refractivity contribution < 1.29 is 9.53 Å². The minimum Gasteiger partial charge on any atom is -0.373 e. The number of aromatic nitrogens is 2. The lowest BCUT2D eigenvalue weighted by Gasteiger charge is -2.42. The van der Waals surface area contributed by atoms with Crippen molar-refractivity contribution in [3.63, 3.8) is 0 Å². The molecule has 2 heterocycles. The number of benzene rings is 1. The molecule has 2 atom stereocenters. The third kappa shape index (κ3) is 3.34. The van der Waals surface area contributed by atoms with E-state index >= 15 is 0 Å². The van der Waals surface area contributed by atoms with Gasteiger partial charge in [0, 0.05) is 20.1 Å². The highest BCUT2D eigenvalue weighted by atomic mass is 16.5. The predicted molar refractivity (Wildman–Crippen MR) is 91.7 cm³/mol. The van der Waals surface area contributed by atoms with Crippen LogP contribution in [0.4, 0.5) is 0 Å². The number of carbonyl (C=O) groups is 1. The molecule has 0 radical (unpaired) electrons. The van der Waals surface area contributed by atoms with Crippen LogP contribution in [0, 0.1) is 0 Å². The fraction of sp³-hybridized carbons (Fsp3) is 0.444. The zero-order valence-electron chi connectivity index (χ0n) is 14.4. The molecule has 1 aliphatic heterocycles. The van der Waals surface area contributed by atoms with E-state index in [9.17, 15) is 4.79 Å². The van der Waals surface area contributed by atoms with Gasteiger partial charge in [0.25, 0.3) is 5.91 Å². The van der Waals surface area contributed by atoms with Crippen molar-refractivity contribution in [1.29, 1.82) is 0 Å². The second-order valence-corrected chi connectivity index (χ2v) is 6.42. The Hall–Kier alpha value is -2.18. The molecule has 1 fully saturated rings. The number of likely N-dealkylation sites (N-methyl/N-ethyl adjacent to an activating group) is 1. The largest absolute Gasteiger partial charge is 0.373 e. The van der Waals surface area contributed by atoms with Gasteiger partial charge >= 0.3 is 0 Å². The Morgan fingerprint density at radius 1 is 1.33 bits per heavy atom. The third-order valence-electron chi connectivity index (χ3n) is 4.33. The van der Waals surface area contributed by atoms with Gasteiger partial charge in [-0.05, 0) is 19.7 Å². The Morgan fingerprint density at radius 2 is 2.08 bits per heavy atom. The Bertz CT molecular complexity index is 683. The summed E-state index contributed by atoms with van der Waals surface area (Å²) in [6.45, 7) is 1.88. The number of hydrogen-bond donors (Lipinski definition) is 0. The minimum absolute atomic E-state index is 0.00379. The molecule has 0 aliphatic carbocycles. The molecular weight excluding hydrogens is 304 g/mol. The Labute approximate surface area is 142 Å². The summed E-state index contributed by atoms with van der Waals surface area (Å²) in [7, 11) is 5.89. The lowest BCUT2D eigenvalue weighted by molar-refractivity contribution is -0.0687. The SMILES string of the molecule is CN(C)C[C@@H]1OCCN(C(=O)c2cncn2C)[C@H]1c1ccccc1. The highest BCUT2D eigenvalue weighted by Gasteiger charge is 2.37. The summed E-state index contributed by atoms with van der Waals surface area (Å²) in [5, 5.41) is 0. The maximum atomic E-state index is 13.1. The van der Waals surface area contributed by atoms with Crippen molar-refractivity contribution in [3.8, 4) is 0 Å². The van der Waals surface area contributed by atoms with Gasteiger partial charge in [0.1, 0.15) is 5.69 Å². The highest BCUT2D eigenvalue weighted by molar-refractivity contribution is 5.92. The van der Waals surface area contributed by atoms with E-state index in [1.54, 1.807) is 17.1 Å². The Morgan fingerprint density at radius 3 is 2.71 bits per heavy atom. The van der Waals surface area contributed by atoms with Gasteiger partial charge in [-0.25, -0.2) is 4.98 Å². The van der Waals surface area contributed by atoms with E-state index < -0.39 is 0 Å². The summed E-state index contributed by atoms with van der Waals surface area (Å²) < 4.78 is 7.79. The highest BCUT2D eigenvalue weighted by Crippen LogP contribution is 2.31. The van der Waals surface area contributed by atoms with E-state index in [-0.39, 0.29) is 18.1 Å². The zero-order chi connectivity index (χ0) is 17.1. The van der Waals surface area contributed by atoms with Gasteiger partial charge in [0.2, 0.25) is 0 Å². The van der Waals surface area contributed by atoms with Crippen LogP contribution in [0.2, 0.25) is 0 Å². The lowest BCUT2D eigenvalue weighted by Crippen LogP contribution is -2.51. The molecule has 1 aromatic heterocycles. The smallest absolute Gasteiger partial charge is 0.272 e. The van der Waals surface area contributed by atoms with Gasteiger partial charge in [-0.2, -0.15) is 0 Å². The van der Waals surface area contributed by atoms with Crippen LogP contribution in [0.15, 0.2) is 42.9 Å². The molecule has 0 unspecified atom stereocenters. The van der Waals surface area contributed by atoms with Gasteiger partial charge in [-0.1, -0.05) is 30.3 Å². The molecule has 6 nitrogen and oxygen atoms in total. The zero-order valence-corrected chi connectivity index (χ0v) is 14.4. The molecular formula is C18H24N4O2. The van der Waals surface area contributed by atoms with E-state index in [2.05, 4.69) is 22.0 Å². The number of morpholine rings is 1. The van der Waals surface area contributed by atoms with E-state index in [1.807, 2.05) is 44.2 Å². The van der Waals surface area contributed by atoms with Crippen LogP contribution in [-0.2, 0) is 11.8 Å². The first kappa shape index (κ1) is 16.7. The van der Waals surface area contributed by atoms with Crippen molar-refractivity contribution in [2.75, 3.05) is 33.8 Å². The molecule has 2 aromatic rings. The monoisotopic (exact) mass is 328 g/mol. The summed E-state index contributed by atoms with van der Waals surface area (Å²) in [6, 6.07) is 10.0. The van der Waals surface area contributed by atoms with Crippen molar-refractivity contribution >= 4 is 5.91 Å². The normalized spacial score (nSPS) is 21.2. The molecule has 0 N–H and O–H groups in total. The number of rotatable bonds is 4. The number of nitrogens with zero attached hydrogens (tertiary/aromatic N) is 4. The van der Waals surface area contributed by atoms with Crippen molar-refractivity contribution in [2.24, 2.45) is 7.05 Å². The first-order valence-electron chi connectivity index (χ1n) is 8.16. The van der Waals surface area contributed by atoms with E-state index in [0.29, 0.717) is 18.8 Å². The minimum atomic E-state index is -0.107. The van der Waals surface area contributed by atoms with Crippen LogP contribution in [0.1, 0.15) is 22.1 Å². The van der Waals surface area contributed by atoms with E-state index in [1.165, 1.54) is 0 Å². The molecule has 1 saturated heterocycles. The standard InChI is InChI=1S/C18H24N4O2/c1-20(2)12-16-17(14-7-5-4-6-8-14)22(9-10-24-16)18(23)15-11-19-13-21(15)3/h4-8,11,13,16-17H,9-10,12H2,1-3H3/t16-,17-/m0/s1. The summed E-state index contributed by atoms with van der Waals surface area (Å²) in [5.74, 6) is -0.00379. The fourth-order valence-corrected chi connectivity index (χ4v) is 3.23. The van der Waals surface area contributed by atoms with E-state index in [0.717, 1.165) is 12.1 Å². The molecule has 1 aromatic carbocycles. The molecule has 0 spiro atoms. The number of aryl methyl sites for hydroxylation is 1. The Kier molecular flexibility index (Phi) is 4.97. The molecule has 24 heavy (non-hydrogen) atoms. The van der Waals surface area contributed by atoms with Crippen molar-refractivity contribution in [3.05, 3.63) is 54.1 Å². The predicted octanol–water partition coefficient (Wildman–Crippen LogP) is 1.56. The van der Waals surface area contributed by atoms with Crippen molar-refractivity contribution in [2.45, 2.75) is 12.1 Å². The molecule has 6 heteroatoms. The summed E-state index contributed by atoms with van der Waals surface area (Å²) in [6.07, 6.45) is 3.22. The van der Waals surface area contributed by atoms with Crippen LogP contribution in [0.3, 0.4) is 0 Å². The second-order valence-electron chi connectivity index (χ2n) is 6.42. The van der Waals surface area contributed by atoms with Gasteiger partial charge in [0.15, 0.2) is 0 Å². The van der Waals surface area contributed by atoms with Crippen molar-refractivity contribution in [1.82, 2.24) is 19.4 Å². The number of ether oxygens (including phenoxy) is 1. The van der Waals surface area contributed by atoms with Gasteiger partial charge in [-0.3, -0.25) is 4.79 Å². The fourth-order valence-electron chi connectivity index (χ4n) is 3.23. The maximum absolute atomic E-state index is 13.1. The maximum Gasteiger partial charge on any atom is 0.272 e. The van der Waals surface area contributed by atoms with Crippen LogP contribution < -0.4 is 0 Å². The van der Waals surface area contributed by atoms with E-state index in [4.69, 9.17) is 4.74 Å². The quantitative estimate of drug-likeness (QED) is 0.855.